The number of allylic oxidation sites excluding steroid dienone is 2. The summed E-state index contributed by atoms with van der Waals surface area (Å²) in [5.41, 5.74) is 6.46. The van der Waals surface area contributed by atoms with Crippen molar-refractivity contribution in [3.05, 3.63) is 175 Å². The lowest BCUT2D eigenvalue weighted by Crippen LogP contribution is -2.57. The molecule has 5 aromatic carbocycles. The topological polar surface area (TPSA) is 6.48 Å². The van der Waals surface area contributed by atoms with Crippen molar-refractivity contribution >= 4 is 28.3 Å². The number of anilines is 4. The van der Waals surface area contributed by atoms with Crippen LogP contribution in [-0.2, 0) is 0 Å². The molecule has 0 radical (unpaired) electrons. The highest BCUT2D eigenvalue weighted by molar-refractivity contribution is 5.81. The molecule has 0 aromatic heterocycles. The lowest BCUT2D eigenvalue weighted by Gasteiger charge is -2.52. The summed E-state index contributed by atoms with van der Waals surface area (Å²) in [5, 5.41) is 0. The predicted octanol–water partition coefficient (Wildman–Crippen LogP) is 9.40. The fraction of sp³-hybridized carbons (Fsp3) is 0.0556. The largest absolute Gasteiger partial charge is 0.314 e. The van der Waals surface area contributed by atoms with Crippen molar-refractivity contribution in [1.29, 1.82) is 0 Å². The van der Waals surface area contributed by atoms with E-state index in [0.717, 1.165) is 29.2 Å². The van der Waals surface area contributed by atoms with Gasteiger partial charge in [0.25, 0.3) is 0 Å². The Morgan fingerprint density at radius 1 is 0.421 bits per heavy atom. The number of para-hydroxylation sites is 4. The first kappa shape index (κ1) is 23.6. The van der Waals surface area contributed by atoms with Crippen LogP contribution in [0.1, 0.15) is 12.0 Å². The van der Waals surface area contributed by atoms with Gasteiger partial charge in [-0.25, -0.2) is 0 Å². The highest BCUT2D eigenvalue weighted by Crippen LogP contribution is 2.46. The van der Waals surface area contributed by atoms with Gasteiger partial charge in [0.1, 0.15) is 5.66 Å². The summed E-state index contributed by atoms with van der Waals surface area (Å²) in [4.78, 5) is 4.95. The SMILES string of the molecule is C1=CC(N(c2ccccc2)c2ccccc2)(N(c2ccccc2)c2ccccc2)CC=C1c1ccccc1. The molecule has 0 aliphatic heterocycles. The first-order chi connectivity index (χ1) is 18.9. The highest BCUT2D eigenvalue weighted by Gasteiger charge is 2.43. The average Bonchev–Trinajstić information content (AvgIpc) is 3.00. The summed E-state index contributed by atoms with van der Waals surface area (Å²) in [6.07, 6.45) is 7.83. The maximum absolute atomic E-state index is 2.47. The molecule has 0 saturated carbocycles. The molecule has 0 atom stereocenters. The summed E-state index contributed by atoms with van der Waals surface area (Å²) in [6.45, 7) is 0. The molecule has 1 aliphatic carbocycles. The minimum Gasteiger partial charge on any atom is -0.314 e. The monoisotopic (exact) mass is 490 g/mol. The maximum atomic E-state index is 2.47. The second kappa shape index (κ2) is 10.7. The molecule has 0 amide bonds. The number of benzene rings is 5. The van der Waals surface area contributed by atoms with E-state index in [1.165, 1.54) is 11.1 Å². The van der Waals surface area contributed by atoms with Crippen LogP contribution in [0.4, 0.5) is 22.7 Å². The predicted molar refractivity (Wildman–Crippen MR) is 161 cm³/mol. The van der Waals surface area contributed by atoms with E-state index in [9.17, 15) is 0 Å². The second-order valence-electron chi connectivity index (χ2n) is 9.45. The lowest BCUT2D eigenvalue weighted by molar-refractivity contribution is 0.526. The molecule has 0 spiro atoms. The summed E-state index contributed by atoms with van der Waals surface area (Å²) < 4.78 is 0. The van der Waals surface area contributed by atoms with Crippen molar-refractivity contribution in [2.45, 2.75) is 12.1 Å². The second-order valence-corrected chi connectivity index (χ2v) is 9.45. The molecule has 0 unspecified atom stereocenters. The van der Waals surface area contributed by atoms with Gasteiger partial charge in [-0.3, -0.25) is 0 Å². The smallest absolute Gasteiger partial charge is 0.145 e. The van der Waals surface area contributed by atoms with Gasteiger partial charge in [0.2, 0.25) is 0 Å². The van der Waals surface area contributed by atoms with Crippen LogP contribution in [0.15, 0.2) is 170 Å². The van der Waals surface area contributed by atoms with Crippen molar-refractivity contribution < 1.29 is 0 Å². The van der Waals surface area contributed by atoms with Crippen LogP contribution in [0.5, 0.6) is 0 Å². The third-order valence-corrected chi connectivity index (χ3v) is 7.09. The van der Waals surface area contributed by atoms with Crippen LogP contribution in [-0.4, -0.2) is 5.66 Å². The first-order valence-electron chi connectivity index (χ1n) is 13.1. The van der Waals surface area contributed by atoms with Crippen LogP contribution in [0.2, 0.25) is 0 Å². The molecule has 5 aromatic rings. The number of nitrogens with zero attached hydrogens (tertiary/aromatic N) is 2. The van der Waals surface area contributed by atoms with Crippen LogP contribution < -0.4 is 9.80 Å². The summed E-state index contributed by atoms with van der Waals surface area (Å²) in [6, 6.07) is 53.5. The molecule has 1 aliphatic rings. The molecular weight excluding hydrogens is 460 g/mol. The Balaban J connectivity index is 1.61. The Morgan fingerprint density at radius 3 is 1.08 bits per heavy atom. The summed E-state index contributed by atoms with van der Waals surface area (Å²) >= 11 is 0. The van der Waals surface area contributed by atoms with Crippen molar-refractivity contribution in [2.75, 3.05) is 9.80 Å². The van der Waals surface area contributed by atoms with Gasteiger partial charge >= 0.3 is 0 Å². The highest BCUT2D eigenvalue weighted by atomic mass is 15.4. The Bertz CT molecular complexity index is 1350. The van der Waals surface area contributed by atoms with E-state index in [1.54, 1.807) is 0 Å². The van der Waals surface area contributed by atoms with Crippen LogP contribution >= 0.6 is 0 Å². The minimum absolute atomic E-state index is 0.552. The number of hydrogen-bond acceptors (Lipinski definition) is 2. The maximum Gasteiger partial charge on any atom is 0.145 e. The molecule has 0 fully saturated rings. The molecule has 2 nitrogen and oxygen atoms in total. The van der Waals surface area contributed by atoms with Crippen molar-refractivity contribution in [1.82, 2.24) is 0 Å². The van der Waals surface area contributed by atoms with Gasteiger partial charge in [-0.1, -0.05) is 115 Å². The van der Waals surface area contributed by atoms with Crippen molar-refractivity contribution in [3.8, 4) is 0 Å². The third kappa shape index (κ3) is 4.53. The van der Waals surface area contributed by atoms with Crippen molar-refractivity contribution in [2.24, 2.45) is 0 Å². The molecule has 0 heterocycles. The Morgan fingerprint density at radius 2 is 0.763 bits per heavy atom. The van der Waals surface area contributed by atoms with E-state index in [1.807, 2.05) is 0 Å². The molecule has 2 heteroatoms. The van der Waals surface area contributed by atoms with E-state index in [2.05, 4.69) is 180 Å². The Kier molecular flexibility index (Phi) is 6.61. The Hall–Kier alpha value is -4.82. The quantitative estimate of drug-likeness (QED) is 0.210. The molecule has 0 bridgehead atoms. The zero-order chi connectivity index (χ0) is 25.6. The van der Waals surface area contributed by atoms with E-state index in [-0.39, 0.29) is 0 Å². The van der Waals surface area contributed by atoms with Gasteiger partial charge in [-0.15, -0.1) is 0 Å². The van der Waals surface area contributed by atoms with Gasteiger partial charge in [0.05, 0.1) is 0 Å². The zero-order valence-corrected chi connectivity index (χ0v) is 21.3. The zero-order valence-electron chi connectivity index (χ0n) is 21.3. The summed E-state index contributed by atoms with van der Waals surface area (Å²) in [7, 11) is 0. The molecule has 38 heavy (non-hydrogen) atoms. The molecule has 0 N–H and O–H groups in total. The fourth-order valence-electron chi connectivity index (χ4n) is 5.40. The van der Waals surface area contributed by atoms with Gasteiger partial charge in [0.15, 0.2) is 0 Å². The number of hydrogen-bond donors (Lipinski definition) is 0. The van der Waals surface area contributed by atoms with E-state index >= 15 is 0 Å². The van der Waals surface area contributed by atoms with Gasteiger partial charge in [-0.05, 0) is 65.7 Å². The molecule has 6 rings (SSSR count). The standard InChI is InChI=1S/C36H30N2/c1-6-16-30(17-7-1)31-26-28-36(29-27-31,37(32-18-8-2-9-19-32)33-20-10-3-11-21-33)38(34-22-12-4-13-23-34)35-24-14-5-15-25-35/h1-28H,29H2. The van der Waals surface area contributed by atoms with Crippen molar-refractivity contribution in [3.63, 3.8) is 0 Å². The molecule has 184 valence electrons. The lowest BCUT2D eigenvalue weighted by atomic mass is 9.88. The summed E-state index contributed by atoms with van der Waals surface area (Å²) in [5.74, 6) is 0. The molecular formula is C36H30N2. The normalized spacial score (nSPS) is 13.9. The third-order valence-electron chi connectivity index (χ3n) is 7.09. The first-order valence-corrected chi connectivity index (χ1v) is 13.1. The van der Waals surface area contributed by atoms with Crippen LogP contribution in [0, 0.1) is 0 Å². The minimum atomic E-state index is -0.552. The van der Waals surface area contributed by atoms with Gasteiger partial charge in [-0.2, -0.15) is 0 Å². The van der Waals surface area contributed by atoms with Crippen LogP contribution in [0.3, 0.4) is 0 Å². The Labute approximate surface area is 225 Å². The van der Waals surface area contributed by atoms with Crippen LogP contribution in [0.25, 0.3) is 5.57 Å². The van der Waals surface area contributed by atoms with E-state index in [4.69, 9.17) is 0 Å². The fourth-order valence-corrected chi connectivity index (χ4v) is 5.40. The van der Waals surface area contributed by atoms with Gasteiger partial charge < -0.3 is 9.80 Å². The average molecular weight is 491 g/mol. The van der Waals surface area contributed by atoms with E-state index in [0.29, 0.717) is 0 Å². The number of rotatable bonds is 7. The van der Waals surface area contributed by atoms with Gasteiger partial charge in [0, 0.05) is 29.2 Å². The van der Waals surface area contributed by atoms with E-state index < -0.39 is 5.66 Å². The molecule has 0 saturated heterocycles.